The number of carbonyl (C=O) groups is 1. The predicted molar refractivity (Wildman–Crippen MR) is 97.0 cm³/mol. The number of sulfone groups is 2. The summed E-state index contributed by atoms with van der Waals surface area (Å²) in [7, 11) is -6.63. The molecule has 140 valence electrons. The smallest absolute Gasteiger partial charge is 0.221 e. The summed E-state index contributed by atoms with van der Waals surface area (Å²) in [4.78, 5) is 12.1. The molecular formula is C17H25NO5S2. The van der Waals surface area contributed by atoms with Crippen LogP contribution in [0.4, 0.5) is 0 Å². The van der Waals surface area contributed by atoms with Gasteiger partial charge in [-0.15, -0.1) is 0 Å². The number of benzene rings is 1. The first-order valence-corrected chi connectivity index (χ1v) is 11.7. The second kappa shape index (κ2) is 7.07. The standard InChI is InChI=1S/C17H25NO5S2/c1-17(2,3)13-4-6-15(7-5-13)25(22,23)11-9-16(19)18-14-8-10-24(20,21)12-14/h4-7,14H,8-12H2,1-3H3,(H,18,19). The summed E-state index contributed by atoms with van der Waals surface area (Å²) in [5.41, 5.74) is 0.968. The Kier molecular flexibility index (Phi) is 5.63. The molecule has 1 atom stereocenters. The quantitative estimate of drug-likeness (QED) is 0.825. The van der Waals surface area contributed by atoms with Gasteiger partial charge in [0.15, 0.2) is 19.7 Å². The molecule has 2 rings (SSSR count). The highest BCUT2D eigenvalue weighted by Crippen LogP contribution is 2.24. The molecule has 1 aromatic rings. The maximum Gasteiger partial charge on any atom is 0.221 e. The molecule has 0 radical (unpaired) electrons. The van der Waals surface area contributed by atoms with Gasteiger partial charge in [0.2, 0.25) is 5.91 Å². The van der Waals surface area contributed by atoms with Crippen LogP contribution in [0.1, 0.15) is 39.2 Å². The lowest BCUT2D eigenvalue weighted by Gasteiger charge is -2.19. The van der Waals surface area contributed by atoms with Gasteiger partial charge in [-0.05, 0) is 29.5 Å². The Bertz CT molecular complexity index is 834. The van der Waals surface area contributed by atoms with E-state index in [1.54, 1.807) is 24.3 Å². The summed E-state index contributed by atoms with van der Waals surface area (Å²) in [5, 5.41) is 2.60. The summed E-state index contributed by atoms with van der Waals surface area (Å²) in [6.45, 7) is 6.14. The predicted octanol–water partition coefficient (Wildman–Crippen LogP) is 1.45. The van der Waals surface area contributed by atoms with Crippen LogP contribution in [-0.2, 0) is 29.9 Å². The lowest BCUT2D eigenvalue weighted by molar-refractivity contribution is -0.121. The van der Waals surface area contributed by atoms with Crippen molar-refractivity contribution in [3.05, 3.63) is 29.8 Å². The van der Waals surface area contributed by atoms with Gasteiger partial charge < -0.3 is 5.32 Å². The zero-order chi connectivity index (χ0) is 18.9. The average Bonchev–Trinajstić information content (AvgIpc) is 2.83. The molecule has 1 aliphatic heterocycles. The molecule has 1 aromatic carbocycles. The van der Waals surface area contributed by atoms with E-state index in [-0.39, 0.29) is 34.0 Å². The highest BCUT2D eigenvalue weighted by atomic mass is 32.2. The van der Waals surface area contributed by atoms with E-state index in [0.29, 0.717) is 6.42 Å². The zero-order valence-electron chi connectivity index (χ0n) is 14.8. The SMILES string of the molecule is CC(C)(C)c1ccc(S(=O)(=O)CCC(=O)NC2CCS(=O)(=O)C2)cc1. The monoisotopic (exact) mass is 387 g/mol. The number of amides is 1. The number of nitrogens with one attached hydrogen (secondary N) is 1. The summed E-state index contributed by atoms with van der Waals surface area (Å²) in [5.74, 6) is -0.736. The second-order valence-electron chi connectivity index (χ2n) is 7.51. The largest absolute Gasteiger partial charge is 0.352 e. The van der Waals surface area contributed by atoms with Gasteiger partial charge >= 0.3 is 0 Å². The van der Waals surface area contributed by atoms with Crippen molar-refractivity contribution in [1.82, 2.24) is 5.32 Å². The van der Waals surface area contributed by atoms with E-state index in [4.69, 9.17) is 0 Å². The molecule has 25 heavy (non-hydrogen) atoms. The number of rotatable bonds is 5. The molecule has 6 nitrogen and oxygen atoms in total. The van der Waals surface area contributed by atoms with Crippen molar-refractivity contribution in [2.75, 3.05) is 17.3 Å². The molecule has 0 aromatic heterocycles. The highest BCUT2D eigenvalue weighted by molar-refractivity contribution is 7.91. The average molecular weight is 388 g/mol. The van der Waals surface area contributed by atoms with Gasteiger partial charge in [0.1, 0.15) is 0 Å². The Morgan fingerprint density at radius 2 is 1.80 bits per heavy atom. The van der Waals surface area contributed by atoms with Crippen molar-refractivity contribution in [3.8, 4) is 0 Å². The van der Waals surface area contributed by atoms with Gasteiger partial charge in [-0.1, -0.05) is 32.9 Å². The van der Waals surface area contributed by atoms with E-state index >= 15 is 0 Å². The van der Waals surface area contributed by atoms with E-state index in [0.717, 1.165) is 5.56 Å². The summed E-state index contributed by atoms with van der Waals surface area (Å²) in [6.07, 6.45) is 0.203. The number of hydrogen-bond acceptors (Lipinski definition) is 5. The normalized spacial score (nSPS) is 20.4. The molecule has 1 heterocycles. The molecule has 0 saturated carbocycles. The maximum absolute atomic E-state index is 12.4. The van der Waals surface area contributed by atoms with Gasteiger partial charge in [-0.3, -0.25) is 4.79 Å². The minimum Gasteiger partial charge on any atom is -0.352 e. The van der Waals surface area contributed by atoms with Crippen LogP contribution in [0.5, 0.6) is 0 Å². The molecule has 1 unspecified atom stereocenters. The van der Waals surface area contributed by atoms with Crippen molar-refractivity contribution in [2.24, 2.45) is 0 Å². The first-order chi connectivity index (χ1) is 11.4. The molecule has 1 fully saturated rings. The highest BCUT2D eigenvalue weighted by Gasteiger charge is 2.29. The third-order valence-electron chi connectivity index (χ3n) is 4.27. The molecule has 1 aliphatic rings. The van der Waals surface area contributed by atoms with Crippen molar-refractivity contribution < 1.29 is 21.6 Å². The molecule has 0 aliphatic carbocycles. The minimum absolute atomic E-state index is 0.0657. The Morgan fingerprint density at radius 3 is 2.28 bits per heavy atom. The van der Waals surface area contributed by atoms with Gasteiger partial charge in [0, 0.05) is 12.5 Å². The molecule has 0 bridgehead atoms. The Labute approximate surface area is 149 Å². The molecule has 1 amide bonds. The van der Waals surface area contributed by atoms with Gasteiger partial charge in [0.05, 0.1) is 22.2 Å². The molecular weight excluding hydrogens is 362 g/mol. The van der Waals surface area contributed by atoms with E-state index in [9.17, 15) is 21.6 Å². The third kappa shape index (κ3) is 5.54. The Hall–Kier alpha value is -1.41. The first kappa shape index (κ1) is 19.9. The Balaban J connectivity index is 1.94. The third-order valence-corrected chi connectivity index (χ3v) is 7.77. The van der Waals surface area contributed by atoms with Crippen LogP contribution in [0.2, 0.25) is 0 Å². The lowest BCUT2D eigenvalue weighted by atomic mass is 9.87. The van der Waals surface area contributed by atoms with Gasteiger partial charge in [0.25, 0.3) is 0 Å². The minimum atomic E-state index is -3.55. The fourth-order valence-electron chi connectivity index (χ4n) is 2.72. The zero-order valence-corrected chi connectivity index (χ0v) is 16.4. The van der Waals surface area contributed by atoms with Crippen LogP contribution in [0.15, 0.2) is 29.2 Å². The van der Waals surface area contributed by atoms with Crippen LogP contribution in [0.3, 0.4) is 0 Å². The topological polar surface area (TPSA) is 97.4 Å². The fraction of sp³-hybridized carbons (Fsp3) is 0.588. The summed E-state index contributed by atoms with van der Waals surface area (Å²) in [6, 6.07) is 6.30. The van der Waals surface area contributed by atoms with Crippen molar-refractivity contribution in [2.45, 2.75) is 50.0 Å². The van der Waals surface area contributed by atoms with Crippen molar-refractivity contribution in [1.29, 1.82) is 0 Å². The van der Waals surface area contributed by atoms with Gasteiger partial charge in [-0.25, -0.2) is 16.8 Å². The molecule has 1 N–H and O–H groups in total. The lowest BCUT2D eigenvalue weighted by Crippen LogP contribution is -2.36. The van der Waals surface area contributed by atoms with Crippen LogP contribution < -0.4 is 5.32 Å². The number of hydrogen-bond donors (Lipinski definition) is 1. The maximum atomic E-state index is 12.4. The van der Waals surface area contributed by atoms with E-state index in [1.807, 2.05) is 20.8 Å². The van der Waals surface area contributed by atoms with Crippen molar-refractivity contribution in [3.63, 3.8) is 0 Å². The summed E-state index contributed by atoms with van der Waals surface area (Å²) >= 11 is 0. The number of carbonyl (C=O) groups excluding carboxylic acids is 1. The van der Waals surface area contributed by atoms with Crippen LogP contribution >= 0.6 is 0 Å². The van der Waals surface area contributed by atoms with Gasteiger partial charge in [-0.2, -0.15) is 0 Å². The van der Waals surface area contributed by atoms with Crippen LogP contribution in [-0.4, -0.2) is 46.0 Å². The van der Waals surface area contributed by atoms with E-state index in [1.165, 1.54) is 0 Å². The molecule has 0 spiro atoms. The molecule has 8 heteroatoms. The second-order valence-corrected chi connectivity index (χ2v) is 11.8. The van der Waals surface area contributed by atoms with Crippen LogP contribution in [0, 0.1) is 0 Å². The Morgan fingerprint density at radius 1 is 1.20 bits per heavy atom. The van der Waals surface area contributed by atoms with E-state index in [2.05, 4.69) is 5.32 Å². The van der Waals surface area contributed by atoms with Crippen molar-refractivity contribution >= 4 is 25.6 Å². The fourth-order valence-corrected chi connectivity index (χ4v) is 5.63. The summed E-state index contributed by atoms with van der Waals surface area (Å²) < 4.78 is 47.5. The van der Waals surface area contributed by atoms with Crippen LogP contribution in [0.25, 0.3) is 0 Å². The first-order valence-electron chi connectivity index (χ1n) is 8.22. The van der Waals surface area contributed by atoms with E-state index < -0.39 is 31.6 Å². The molecule has 1 saturated heterocycles.